The zero-order valence-electron chi connectivity index (χ0n) is 19.3. The Balaban J connectivity index is 1.38. The molecule has 2 N–H and O–H groups in total. The maximum atomic E-state index is 10.3. The van der Waals surface area contributed by atoms with Crippen molar-refractivity contribution < 1.29 is 14.6 Å². The highest BCUT2D eigenvalue weighted by Gasteiger charge is 2.22. The van der Waals surface area contributed by atoms with Crippen LogP contribution in [0.4, 0.5) is 5.69 Å². The third-order valence-electron chi connectivity index (χ3n) is 5.76. The smallest absolute Gasteiger partial charge is 0.168 e. The van der Waals surface area contributed by atoms with Crippen molar-refractivity contribution in [3.05, 3.63) is 114 Å². The fraction of sp³-hybridized carbons (Fsp3) is 0.241. The molecule has 0 aromatic heterocycles. The molecule has 4 rings (SSSR count). The molecule has 2 aromatic carbocycles. The first kappa shape index (κ1) is 23.4. The zero-order valence-corrected chi connectivity index (χ0v) is 19.3. The molecule has 0 amide bonds. The average Bonchev–Trinajstić information content (AvgIpc) is 2.86. The quantitative estimate of drug-likeness (QED) is 0.448. The molecule has 2 aliphatic heterocycles. The van der Waals surface area contributed by atoms with Crippen LogP contribution in [-0.2, 0) is 16.0 Å². The van der Waals surface area contributed by atoms with E-state index in [0.717, 1.165) is 49.7 Å². The van der Waals surface area contributed by atoms with E-state index in [-0.39, 0.29) is 11.8 Å². The molecule has 2 aliphatic rings. The van der Waals surface area contributed by atoms with Crippen LogP contribution >= 0.6 is 0 Å². The van der Waals surface area contributed by atoms with Crippen molar-refractivity contribution >= 4 is 5.69 Å². The molecule has 1 atom stereocenters. The Kier molecular flexibility index (Phi) is 7.87. The summed E-state index contributed by atoms with van der Waals surface area (Å²) < 4.78 is 11.0. The number of rotatable bonds is 7. The summed E-state index contributed by atoms with van der Waals surface area (Å²) >= 11 is 0. The van der Waals surface area contributed by atoms with Gasteiger partial charge < -0.3 is 19.9 Å². The molecular formula is C29H30N2O3. The van der Waals surface area contributed by atoms with Gasteiger partial charge in [-0.1, -0.05) is 36.6 Å². The minimum atomic E-state index is -0.257. The van der Waals surface area contributed by atoms with E-state index in [1.807, 2.05) is 24.3 Å². The molecule has 0 aliphatic carbocycles. The van der Waals surface area contributed by atoms with Crippen LogP contribution in [0.3, 0.4) is 0 Å². The molecule has 5 heteroatoms. The van der Waals surface area contributed by atoms with Gasteiger partial charge in [0.05, 0.1) is 25.5 Å². The third-order valence-corrected chi connectivity index (χ3v) is 5.76. The van der Waals surface area contributed by atoms with Crippen molar-refractivity contribution in [2.75, 3.05) is 31.6 Å². The lowest BCUT2D eigenvalue weighted by Crippen LogP contribution is -2.35. The Morgan fingerprint density at radius 3 is 2.32 bits per heavy atom. The Morgan fingerprint density at radius 1 is 1.03 bits per heavy atom. The number of hydrogen-bond acceptors (Lipinski definition) is 5. The number of aliphatic hydroxyl groups is 1. The number of anilines is 1. The second-order valence-electron chi connectivity index (χ2n) is 8.29. The minimum absolute atomic E-state index is 0.0558. The van der Waals surface area contributed by atoms with Crippen LogP contribution in [0.5, 0.6) is 0 Å². The number of nitrogens with one attached hydrogen (secondary N) is 1. The van der Waals surface area contributed by atoms with Gasteiger partial charge in [0.2, 0.25) is 0 Å². The highest BCUT2D eigenvalue weighted by Crippen LogP contribution is 2.25. The van der Waals surface area contributed by atoms with Crippen LogP contribution in [0, 0.1) is 11.8 Å². The monoisotopic (exact) mass is 454 g/mol. The van der Waals surface area contributed by atoms with Gasteiger partial charge >= 0.3 is 0 Å². The number of nitrogens with zero attached hydrogens (tertiary/aromatic N) is 1. The first-order chi connectivity index (χ1) is 16.6. The highest BCUT2D eigenvalue weighted by molar-refractivity contribution is 5.52. The maximum Gasteiger partial charge on any atom is 0.168 e. The largest absolute Gasteiger partial charge is 0.504 e. The molecule has 174 valence electrons. The number of ether oxygens (including phenoxy) is 2. The summed E-state index contributed by atoms with van der Waals surface area (Å²) in [7, 11) is 0. The van der Waals surface area contributed by atoms with E-state index in [1.165, 1.54) is 11.8 Å². The normalized spacial score (nSPS) is 16.9. The van der Waals surface area contributed by atoms with Gasteiger partial charge in [0.25, 0.3) is 0 Å². The van der Waals surface area contributed by atoms with Gasteiger partial charge in [0.1, 0.15) is 0 Å². The number of allylic oxidation sites excluding steroid dienone is 1. The Hall–Kier alpha value is -3.72. The van der Waals surface area contributed by atoms with Crippen molar-refractivity contribution in [1.29, 1.82) is 0 Å². The van der Waals surface area contributed by atoms with Crippen LogP contribution in [-0.4, -0.2) is 42.4 Å². The molecule has 0 bridgehead atoms. The standard InChI is InChI=1S/C29H30N2O3/c1-3-4-27(29-28(32)22(2)15-18-34-29)30-26-13-11-24(12-14-26)6-5-23-7-9-25(10-8-23)21-31-16-19-33-20-17-31/h3,7-15,18,27,30,32H,1-2,4,16-17,19-21H2. The highest BCUT2D eigenvalue weighted by atomic mass is 16.5. The summed E-state index contributed by atoms with van der Waals surface area (Å²) in [5, 5.41) is 13.7. The maximum absolute atomic E-state index is 10.3. The predicted octanol–water partition coefficient (Wildman–Crippen LogP) is 5.14. The number of hydrogen-bond donors (Lipinski definition) is 2. The van der Waals surface area contributed by atoms with Gasteiger partial charge in [0.15, 0.2) is 11.5 Å². The van der Waals surface area contributed by atoms with E-state index in [0.29, 0.717) is 17.8 Å². The summed E-state index contributed by atoms with van der Waals surface area (Å²) in [6.45, 7) is 12.2. The zero-order chi connectivity index (χ0) is 23.8. The number of morpholine rings is 1. The van der Waals surface area contributed by atoms with Gasteiger partial charge in [-0.25, -0.2) is 0 Å². The van der Waals surface area contributed by atoms with Gasteiger partial charge in [-0.15, -0.1) is 6.58 Å². The van der Waals surface area contributed by atoms with E-state index in [1.54, 1.807) is 12.2 Å². The first-order valence-corrected chi connectivity index (χ1v) is 11.5. The van der Waals surface area contributed by atoms with Crippen LogP contribution in [0.15, 0.2) is 97.2 Å². The average molecular weight is 455 g/mol. The SMILES string of the molecule is C=CCC(Nc1ccc(C#Cc2ccc(CN3CCOCC3)cc2)cc1)C1=C(O)C(=C)C=CO1. The van der Waals surface area contributed by atoms with Crippen LogP contribution in [0.2, 0.25) is 0 Å². The molecule has 2 aromatic rings. The topological polar surface area (TPSA) is 54.0 Å². The van der Waals surface area contributed by atoms with Gasteiger partial charge in [-0.05, 0) is 54.5 Å². The second kappa shape index (κ2) is 11.4. The molecule has 1 fully saturated rings. The van der Waals surface area contributed by atoms with Crippen molar-refractivity contribution in [1.82, 2.24) is 4.90 Å². The number of benzene rings is 2. The Labute approximate surface area is 201 Å². The molecule has 1 unspecified atom stereocenters. The summed E-state index contributed by atoms with van der Waals surface area (Å²) in [6.07, 6.45) is 5.54. The fourth-order valence-corrected chi connectivity index (χ4v) is 3.83. The van der Waals surface area contributed by atoms with E-state index in [2.05, 4.69) is 59.5 Å². The summed E-state index contributed by atoms with van der Waals surface area (Å²) in [4.78, 5) is 2.41. The van der Waals surface area contributed by atoms with Gasteiger partial charge in [-0.2, -0.15) is 0 Å². The molecule has 0 spiro atoms. The molecule has 34 heavy (non-hydrogen) atoms. The van der Waals surface area contributed by atoms with E-state index >= 15 is 0 Å². The number of aliphatic hydroxyl groups excluding tert-OH is 1. The minimum Gasteiger partial charge on any atom is -0.504 e. The van der Waals surface area contributed by atoms with E-state index in [9.17, 15) is 5.11 Å². The molecule has 1 saturated heterocycles. The summed E-state index contributed by atoms with van der Waals surface area (Å²) in [5.41, 5.74) is 4.63. The summed E-state index contributed by atoms with van der Waals surface area (Å²) in [5.74, 6) is 6.96. The third kappa shape index (κ3) is 6.20. The van der Waals surface area contributed by atoms with E-state index in [4.69, 9.17) is 9.47 Å². The lowest BCUT2D eigenvalue weighted by atomic mass is 10.1. The molecule has 0 saturated carbocycles. The van der Waals surface area contributed by atoms with Crippen LogP contribution < -0.4 is 5.32 Å². The first-order valence-electron chi connectivity index (χ1n) is 11.5. The lowest BCUT2D eigenvalue weighted by Gasteiger charge is -2.26. The van der Waals surface area contributed by atoms with Gasteiger partial charge in [0, 0.05) is 42.0 Å². The van der Waals surface area contributed by atoms with Crippen LogP contribution in [0.1, 0.15) is 23.1 Å². The van der Waals surface area contributed by atoms with Crippen molar-refractivity contribution in [2.45, 2.75) is 19.0 Å². The lowest BCUT2D eigenvalue weighted by molar-refractivity contribution is 0.0342. The van der Waals surface area contributed by atoms with Crippen LogP contribution in [0.25, 0.3) is 0 Å². The Bertz CT molecular complexity index is 1130. The molecule has 2 heterocycles. The molecule has 0 radical (unpaired) electrons. The molecule has 5 nitrogen and oxygen atoms in total. The molecular weight excluding hydrogens is 424 g/mol. The predicted molar refractivity (Wildman–Crippen MR) is 136 cm³/mol. The second-order valence-corrected chi connectivity index (χ2v) is 8.29. The fourth-order valence-electron chi connectivity index (χ4n) is 3.83. The van der Waals surface area contributed by atoms with Gasteiger partial charge in [-0.3, -0.25) is 4.90 Å². The van der Waals surface area contributed by atoms with Crippen molar-refractivity contribution in [2.24, 2.45) is 0 Å². The van der Waals surface area contributed by atoms with E-state index < -0.39 is 0 Å². The Morgan fingerprint density at radius 2 is 1.68 bits per heavy atom. The van der Waals surface area contributed by atoms with Crippen molar-refractivity contribution in [3.63, 3.8) is 0 Å². The summed E-state index contributed by atoms with van der Waals surface area (Å²) in [6, 6.07) is 16.1. The van der Waals surface area contributed by atoms with Crippen molar-refractivity contribution in [3.8, 4) is 11.8 Å².